The quantitative estimate of drug-likeness (QED) is 0.303. The van der Waals surface area contributed by atoms with Crippen LogP contribution in [0.15, 0.2) is 42.9 Å². The van der Waals surface area contributed by atoms with E-state index in [4.69, 9.17) is 16.3 Å². The van der Waals surface area contributed by atoms with E-state index in [1.807, 2.05) is 0 Å². The van der Waals surface area contributed by atoms with Gasteiger partial charge < -0.3 is 26.0 Å². The first-order valence-corrected chi connectivity index (χ1v) is 11.9. The fourth-order valence-corrected chi connectivity index (χ4v) is 4.03. The maximum Gasteiger partial charge on any atom is 0.418 e. The molecule has 0 aliphatic carbocycles. The van der Waals surface area contributed by atoms with Gasteiger partial charge in [-0.25, -0.2) is 14.4 Å². The first-order valence-electron chi connectivity index (χ1n) is 11.5. The maximum atomic E-state index is 14.2. The third-order valence-electron chi connectivity index (χ3n) is 5.87. The summed E-state index contributed by atoms with van der Waals surface area (Å²) in [5.41, 5.74) is -2.99. The molecule has 10 nitrogen and oxygen atoms in total. The summed E-state index contributed by atoms with van der Waals surface area (Å²) < 4.78 is 59.4. The van der Waals surface area contributed by atoms with Crippen LogP contribution >= 0.6 is 11.6 Å². The molecule has 1 aromatic carbocycles. The van der Waals surface area contributed by atoms with Crippen LogP contribution in [0.1, 0.15) is 28.0 Å². The Morgan fingerprint density at radius 2 is 1.90 bits per heavy atom. The molecule has 39 heavy (non-hydrogen) atoms. The lowest BCUT2D eigenvalue weighted by molar-refractivity contribution is -0.137. The lowest BCUT2D eigenvalue weighted by Gasteiger charge is -2.27. The molecule has 2 aromatic heterocycles. The first kappa shape index (κ1) is 28.0. The second-order valence-corrected chi connectivity index (χ2v) is 8.91. The van der Waals surface area contributed by atoms with Crippen molar-refractivity contribution in [3.63, 3.8) is 0 Å². The number of nitrogens with zero attached hydrogens (tertiary/aromatic N) is 3. The molecule has 15 heteroatoms. The van der Waals surface area contributed by atoms with Crippen LogP contribution in [0.4, 0.5) is 34.9 Å². The van der Waals surface area contributed by atoms with E-state index in [0.29, 0.717) is 5.95 Å². The Balaban J connectivity index is 1.44. The highest BCUT2D eigenvalue weighted by atomic mass is 35.5. The molecule has 2 amide bonds. The van der Waals surface area contributed by atoms with Crippen LogP contribution in [0.3, 0.4) is 0 Å². The topological polar surface area (TPSA) is 130 Å². The molecule has 1 saturated heterocycles. The van der Waals surface area contributed by atoms with Gasteiger partial charge in [-0.3, -0.25) is 14.6 Å². The summed E-state index contributed by atoms with van der Waals surface area (Å²) in [6, 6.07) is 3.85. The van der Waals surface area contributed by atoms with Gasteiger partial charge >= 0.3 is 6.18 Å². The number of aromatic nitrogens is 3. The molecule has 206 valence electrons. The lowest BCUT2D eigenvalue weighted by atomic mass is 9.96. The molecule has 1 unspecified atom stereocenters. The summed E-state index contributed by atoms with van der Waals surface area (Å²) in [5, 5.41) is 10.5. The molecule has 0 spiro atoms. The van der Waals surface area contributed by atoms with E-state index >= 15 is 0 Å². The first-order chi connectivity index (χ1) is 18.5. The Kier molecular flexibility index (Phi) is 8.16. The fourth-order valence-electron chi connectivity index (χ4n) is 3.79. The van der Waals surface area contributed by atoms with Gasteiger partial charge in [-0.2, -0.15) is 13.2 Å². The van der Waals surface area contributed by atoms with Crippen molar-refractivity contribution in [2.45, 2.75) is 24.7 Å². The molecule has 0 saturated carbocycles. The second-order valence-electron chi connectivity index (χ2n) is 8.50. The highest BCUT2D eigenvalue weighted by Gasteiger charge is 2.44. The number of pyridine rings is 1. The van der Waals surface area contributed by atoms with Crippen LogP contribution in [0.2, 0.25) is 5.02 Å². The van der Waals surface area contributed by atoms with Gasteiger partial charge in [-0.05, 0) is 18.2 Å². The summed E-state index contributed by atoms with van der Waals surface area (Å²) in [6.45, 7) is -0.00447. The summed E-state index contributed by atoms with van der Waals surface area (Å²) >= 11 is 6.25. The number of para-hydroxylation sites is 1. The minimum atomic E-state index is -4.79. The lowest BCUT2D eigenvalue weighted by Crippen LogP contribution is -2.59. The second kappa shape index (κ2) is 11.4. The molecule has 4 rings (SSSR count). The van der Waals surface area contributed by atoms with Crippen molar-refractivity contribution >= 4 is 40.7 Å². The predicted octanol–water partition coefficient (Wildman–Crippen LogP) is 3.67. The summed E-state index contributed by atoms with van der Waals surface area (Å²) in [7, 11) is 1.63. The number of carbonyl (C=O) groups excluding carboxylic acids is 2. The summed E-state index contributed by atoms with van der Waals surface area (Å²) in [4.78, 5) is 37.9. The van der Waals surface area contributed by atoms with E-state index in [9.17, 15) is 27.2 Å². The van der Waals surface area contributed by atoms with Crippen LogP contribution < -0.4 is 21.3 Å². The zero-order valence-corrected chi connectivity index (χ0v) is 21.1. The van der Waals surface area contributed by atoms with Gasteiger partial charge in [0.15, 0.2) is 0 Å². The Morgan fingerprint density at radius 1 is 1.15 bits per heavy atom. The third kappa shape index (κ3) is 6.34. The van der Waals surface area contributed by atoms with E-state index in [1.54, 1.807) is 7.05 Å². The van der Waals surface area contributed by atoms with Gasteiger partial charge in [0, 0.05) is 32.5 Å². The Morgan fingerprint density at radius 3 is 2.51 bits per heavy atom. The van der Waals surface area contributed by atoms with Crippen LogP contribution in [0.5, 0.6) is 0 Å². The van der Waals surface area contributed by atoms with Gasteiger partial charge in [0.05, 0.1) is 52.6 Å². The molecular weight excluding hydrogens is 546 g/mol. The van der Waals surface area contributed by atoms with Crippen LogP contribution in [0.25, 0.3) is 0 Å². The van der Waals surface area contributed by atoms with Crippen LogP contribution in [0, 0.1) is 5.82 Å². The Bertz CT molecular complexity index is 1370. The van der Waals surface area contributed by atoms with Crippen molar-refractivity contribution in [2.75, 3.05) is 30.9 Å². The number of benzene rings is 1. The number of hydrogen-bond donors (Lipinski definition) is 4. The highest BCUT2D eigenvalue weighted by Crippen LogP contribution is 2.37. The number of carbonyl (C=O) groups is 2. The average molecular weight is 568 g/mol. The average Bonchev–Trinajstić information content (AvgIpc) is 3.38. The number of alkyl halides is 3. The molecule has 4 N–H and O–H groups in total. The molecular formula is C24H22ClF4N7O3. The van der Waals surface area contributed by atoms with Gasteiger partial charge in [0.25, 0.3) is 5.91 Å². The Labute approximate surface area is 224 Å². The van der Waals surface area contributed by atoms with Gasteiger partial charge in [0.1, 0.15) is 11.4 Å². The molecule has 0 radical (unpaired) electrons. The summed E-state index contributed by atoms with van der Waals surface area (Å²) in [6.07, 6.45) is -0.800. The monoisotopic (exact) mass is 567 g/mol. The standard InChI is InChI=1S/C24H22ClF4N7O3/c1-30-22-33-8-13(9-34-22)20(37)36-23(5-6-39-12-23)21(38)32-11-18-16(25)7-14(10-31-18)35-19-15(24(27,28)29)3-2-4-17(19)26/h2-4,7-10,35H,5-6,11-12H2,1H3,(H,32,38)(H,36,37)(H,30,33,34). The van der Waals surface area contributed by atoms with Crippen molar-refractivity contribution in [3.8, 4) is 0 Å². The summed E-state index contributed by atoms with van der Waals surface area (Å²) in [5.74, 6) is -1.91. The molecule has 1 aliphatic heterocycles. The van der Waals surface area contributed by atoms with Crippen molar-refractivity contribution in [3.05, 3.63) is 70.5 Å². The minimum Gasteiger partial charge on any atom is -0.378 e. The molecule has 1 fully saturated rings. The molecule has 3 heterocycles. The fraction of sp³-hybridized carbons (Fsp3) is 0.292. The molecule has 0 bridgehead atoms. The number of anilines is 3. The van der Waals surface area contributed by atoms with E-state index in [-0.39, 0.29) is 48.1 Å². The number of ether oxygens (including phenoxy) is 1. The van der Waals surface area contributed by atoms with Gasteiger partial charge in [-0.15, -0.1) is 0 Å². The maximum absolute atomic E-state index is 14.2. The SMILES string of the molecule is CNc1ncc(C(=O)NC2(C(=O)NCc3ncc(Nc4c(F)cccc4C(F)(F)F)cc3Cl)CCOC2)cn1. The third-order valence-corrected chi connectivity index (χ3v) is 6.20. The van der Waals surface area contributed by atoms with Crippen LogP contribution in [-0.2, 0) is 22.3 Å². The number of amides is 2. The normalized spacial score (nSPS) is 17.0. The van der Waals surface area contributed by atoms with E-state index in [2.05, 4.69) is 36.2 Å². The highest BCUT2D eigenvalue weighted by molar-refractivity contribution is 6.31. The van der Waals surface area contributed by atoms with Crippen LogP contribution in [-0.4, -0.2) is 52.6 Å². The van der Waals surface area contributed by atoms with Gasteiger partial charge in [0.2, 0.25) is 11.9 Å². The largest absolute Gasteiger partial charge is 0.418 e. The minimum absolute atomic E-state index is 0.00473. The zero-order valence-electron chi connectivity index (χ0n) is 20.3. The van der Waals surface area contributed by atoms with E-state index in [1.165, 1.54) is 18.5 Å². The van der Waals surface area contributed by atoms with E-state index < -0.39 is 40.6 Å². The number of rotatable bonds is 8. The predicted molar refractivity (Wildman–Crippen MR) is 133 cm³/mol. The Hall–Kier alpha value is -4.04. The van der Waals surface area contributed by atoms with E-state index in [0.717, 1.165) is 24.4 Å². The number of hydrogen-bond acceptors (Lipinski definition) is 8. The molecule has 1 aliphatic rings. The van der Waals surface area contributed by atoms with Crippen molar-refractivity contribution in [1.29, 1.82) is 0 Å². The number of halogens is 5. The van der Waals surface area contributed by atoms with Crippen molar-refractivity contribution in [2.24, 2.45) is 0 Å². The molecule has 1 atom stereocenters. The number of nitrogens with one attached hydrogen (secondary N) is 4. The zero-order chi connectivity index (χ0) is 28.2. The molecule has 3 aromatic rings. The van der Waals surface area contributed by atoms with Crippen molar-refractivity contribution in [1.82, 2.24) is 25.6 Å². The smallest absolute Gasteiger partial charge is 0.378 e. The van der Waals surface area contributed by atoms with Crippen molar-refractivity contribution < 1.29 is 31.9 Å². The van der Waals surface area contributed by atoms with Gasteiger partial charge in [-0.1, -0.05) is 17.7 Å².